The molecular formula is C10H23ClN2O2S. The Hall–Kier alpha value is 0.160. The molecule has 6 heteroatoms. The Balaban J connectivity index is 4.70. The highest BCUT2D eigenvalue weighted by atomic mass is 35.5. The Labute approximate surface area is 105 Å². The molecule has 0 rings (SSSR count). The van der Waals surface area contributed by atoms with Crippen molar-refractivity contribution in [2.24, 2.45) is 0 Å². The van der Waals surface area contributed by atoms with Gasteiger partial charge in [0, 0.05) is 32.1 Å². The lowest BCUT2D eigenvalue weighted by Crippen LogP contribution is -2.46. The lowest BCUT2D eigenvalue weighted by Gasteiger charge is -2.30. The SMILES string of the molecule is CCCN(C(C)C)S(=O)(=O)N(C)CCCCl. The summed E-state index contributed by atoms with van der Waals surface area (Å²) in [6, 6.07) is -0.0107. The zero-order valence-corrected chi connectivity index (χ0v) is 12.2. The molecule has 0 saturated heterocycles. The summed E-state index contributed by atoms with van der Waals surface area (Å²) in [6.45, 7) is 6.79. The van der Waals surface area contributed by atoms with Crippen LogP contribution in [0.25, 0.3) is 0 Å². The summed E-state index contributed by atoms with van der Waals surface area (Å²) in [7, 11) is -1.72. The third-order valence-electron chi connectivity index (χ3n) is 2.32. The van der Waals surface area contributed by atoms with Gasteiger partial charge < -0.3 is 0 Å². The van der Waals surface area contributed by atoms with Crippen LogP contribution < -0.4 is 0 Å². The first-order valence-corrected chi connectivity index (χ1v) is 7.60. The molecule has 0 aromatic rings. The molecule has 0 N–H and O–H groups in total. The standard InChI is InChI=1S/C10H23ClN2O2S/c1-5-8-13(10(2)3)16(14,15)12(4)9-6-7-11/h10H,5-9H2,1-4H3. The molecule has 0 radical (unpaired) electrons. The van der Waals surface area contributed by atoms with Gasteiger partial charge in [0.2, 0.25) is 0 Å². The van der Waals surface area contributed by atoms with Crippen LogP contribution in [0.5, 0.6) is 0 Å². The lowest BCUT2D eigenvalue weighted by molar-refractivity contribution is 0.318. The van der Waals surface area contributed by atoms with Gasteiger partial charge in [-0.25, -0.2) is 0 Å². The van der Waals surface area contributed by atoms with Crippen LogP contribution in [0.4, 0.5) is 0 Å². The molecule has 0 aliphatic rings. The van der Waals surface area contributed by atoms with E-state index in [-0.39, 0.29) is 6.04 Å². The molecule has 98 valence electrons. The van der Waals surface area contributed by atoms with E-state index in [4.69, 9.17) is 11.6 Å². The van der Waals surface area contributed by atoms with Gasteiger partial charge in [0.25, 0.3) is 10.2 Å². The number of alkyl halides is 1. The molecule has 4 nitrogen and oxygen atoms in total. The fourth-order valence-electron chi connectivity index (χ4n) is 1.44. The van der Waals surface area contributed by atoms with Crippen molar-refractivity contribution < 1.29 is 8.42 Å². The minimum atomic E-state index is -3.33. The van der Waals surface area contributed by atoms with Crippen molar-refractivity contribution in [2.45, 2.75) is 39.7 Å². The Bertz CT molecular complexity index is 281. The van der Waals surface area contributed by atoms with Gasteiger partial charge in [-0.15, -0.1) is 11.6 Å². The second-order valence-corrected chi connectivity index (χ2v) is 6.44. The first-order chi connectivity index (χ1) is 7.37. The second kappa shape index (κ2) is 7.48. The van der Waals surface area contributed by atoms with Crippen LogP contribution in [-0.2, 0) is 10.2 Å². The highest BCUT2D eigenvalue weighted by Gasteiger charge is 2.27. The Kier molecular flexibility index (Phi) is 7.55. The van der Waals surface area contributed by atoms with E-state index >= 15 is 0 Å². The third-order valence-corrected chi connectivity index (χ3v) is 4.75. The van der Waals surface area contributed by atoms with E-state index in [0.29, 0.717) is 25.4 Å². The number of nitrogens with zero attached hydrogens (tertiary/aromatic N) is 2. The number of rotatable bonds is 8. The summed E-state index contributed by atoms with van der Waals surface area (Å²) in [5.41, 5.74) is 0. The van der Waals surface area contributed by atoms with Crippen molar-refractivity contribution in [3.8, 4) is 0 Å². The normalized spacial score (nSPS) is 13.0. The van der Waals surface area contributed by atoms with E-state index in [1.807, 2.05) is 20.8 Å². The molecule has 0 saturated carbocycles. The Morgan fingerprint density at radius 1 is 1.25 bits per heavy atom. The van der Waals surface area contributed by atoms with Crippen molar-refractivity contribution >= 4 is 21.8 Å². The fraction of sp³-hybridized carbons (Fsp3) is 1.00. The Morgan fingerprint density at radius 2 is 1.81 bits per heavy atom. The average molecular weight is 271 g/mol. The largest absolute Gasteiger partial charge is 0.281 e. The van der Waals surface area contributed by atoms with Crippen LogP contribution in [0.15, 0.2) is 0 Å². The second-order valence-electron chi connectivity index (χ2n) is 4.08. The van der Waals surface area contributed by atoms with Crippen molar-refractivity contribution in [3.63, 3.8) is 0 Å². The van der Waals surface area contributed by atoms with Gasteiger partial charge in [-0.2, -0.15) is 17.0 Å². The predicted octanol–water partition coefficient (Wildman–Crippen LogP) is 1.91. The first kappa shape index (κ1) is 16.2. The highest BCUT2D eigenvalue weighted by molar-refractivity contribution is 7.86. The topological polar surface area (TPSA) is 40.6 Å². The van der Waals surface area contributed by atoms with Gasteiger partial charge in [-0.3, -0.25) is 0 Å². The molecule has 0 aromatic carbocycles. The summed E-state index contributed by atoms with van der Waals surface area (Å²) < 4.78 is 27.3. The number of hydrogen-bond donors (Lipinski definition) is 0. The van der Waals surface area contributed by atoms with Crippen molar-refractivity contribution in [1.82, 2.24) is 8.61 Å². The maximum atomic E-state index is 12.2. The van der Waals surface area contributed by atoms with Crippen LogP contribution in [0.2, 0.25) is 0 Å². The number of hydrogen-bond acceptors (Lipinski definition) is 2. The fourth-order valence-corrected chi connectivity index (χ4v) is 3.22. The van der Waals surface area contributed by atoms with E-state index < -0.39 is 10.2 Å². The lowest BCUT2D eigenvalue weighted by atomic mass is 10.4. The van der Waals surface area contributed by atoms with Crippen LogP contribution in [0.3, 0.4) is 0 Å². The zero-order valence-electron chi connectivity index (χ0n) is 10.6. The quantitative estimate of drug-likeness (QED) is 0.632. The van der Waals surface area contributed by atoms with E-state index in [0.717, 1.165) is 6.42 Å². The summed E-state index contributed by atoms with van der Waals surface area (Å²) >= 11 is 5.56. The molecule has 0 spiro atoms. The molecular weight excluding hydrogens is 248 g/mol. The molecule has 0 aromatic heterocycles. The van der Waals surface area contributed by atoms with Gasteiger partial charge in [0.15, 0.2) is 0 Å². The van der Waals surface area contributed by atoms with Crippen molar-refractivity contribution in [3.05, 3.63) is 0 Å². The summed E-state index contributed by atoms with van der Waals surface area (Å²) in [5.74, 6) is 0.481. The van der Waals surface area contributed by atoms with Gasteiger partial charge in [0.05, 0.1) is 0 Å². The maximum Gasteiger partial charge on any atom is 0.281 e. The molecule has 0 aliphatic heterocycles. The average Bonchev–Trinajstić information content (AvgIpc) is 2.21. The van der Waals surface area contributed by atoms with E-state index in [2.05, 4.69) is 0 Å². The smallest absolute Gasteiger partial charge is 0.195 e. The monoisotopic (exact) mass is 270 g/mol. The highest BCUT2D eigenvalue weighted by Crippen LogP contribution is 2.12. The van der Waals surface area contributed by atoms with Crippen molar-refractivity contribution in [2.75, 3.05) is 26.0 Å². The van der Waals surface area contributed by atoms with E-state index in [1.165, 1.54) is 8.61 Å². The molecule has 0 bridgehead atoms. The van der Waals surface area contributed by atoms with Crippen molar-refractivity contribution in [1.29, 1.82) is 0 Å². The summed E-state index contributed by atoms with van der Waals surface area (Å²) in [6.07, 6.45) is 1.50. The van der Waals surface area contributed by atoms with Crippen LogP contribution >= 0.6 is 11.6 Å². The summed E-state index contributed by atoms with van der Waals surface area (Å²) in [5, 5.41) is 0. The van der Waals surface area contributed by atoms with Crippen LogP contribution in [0, 0.1) is 0 Å². The molecule has 0 amide bonds. The minimum Gasteiger partial charge on any atom is -0.195 e. The molecule has 0 heterocycles. The molecule has 0 atom stereocenters. The molecule has 0 aliphatic carbocycles. The number of halogens is 1. The van der Waals surface area contributed by atoms with Gasteiger partial charge >= 0.3 is 0 Å². The van der Waals surface area contributed by atoms with E-state index in [9.17, 15) is 8.42 Å². The van der Waals surface area contributed by atoms with Crippen LogP contribution in [0.1, 0.15) is 33.6 Å². The van der Waals surface area contributed by atoms with Crippen LogP contribution in [-0.4, -0.2) is 49.1 Å². The zero-order chi connectivity index (χ0) is 12.8. The minimum absolute atomic E-state index is 0.0107. The predicted molar refractivity (Wildman–Crippen MR) is 69.0 cm³/mol. The van der Waals surface area contributed by atoms with Gasteiger partial charge in [-0.05, 0) is 26.7 Å². The maximum absolute atomic E-state index is 12.2. The van der Waals surface area contributed by atoms with E-state index in [1.54, 1.807) is 7.05 Å². The molecule has 0 fully saturated rings. The van der Waals surface area contributed by atoms with Gasteiger partial charge in [-0.1, -0.05) is 6.92 Å². The molecule has 0 unspecified atom stereocenters. The Morgan fingerprint density at radius 3 is 2.19 bits per heavy atom. The molecule has 16 heavy (non-hydrogen) atoms. The van der Waals surface area contributed by atoms with Gasteiger partial charge in [0.1, 0.15) is 0 Å². The summed E-state index contributed by atoms with van der Waals surface area (Å²) in [4.78, 5) is 0. The third kappa shape index (κ3) is 4.57. The first-order valence-electron chi connectivity index (χ1n) is 5.67.